The van der Waals surface area contributed by atoms with Crippen LogP contribution in [0.2, 0.25) is 0 Å². The van der Waals surface area contributed by atoms with Crippen LogP contribution in [-0.2, 0) is 4.74 Å². The smallest absolute Gasteiger partial charge is 0.270 e. The van der Waals surface area contributed by atoms with Gasteiger partial charge in [0, 0.05) is 13.2 Å². The predicted octanol–water partition coefficient (Wildman–Crippen LogP) is 0.429. The maximum atomic E-state index is 11.6. The van der Waals surface area contributed by atoms with Crippen molar-refractivity contribution in [2.45, 2.75) is 13.0 Å². The number of nitrogen functional groups attached to an aromatic ring is 1. The maximum Gasteiger partial charge on any atom is 0.270 e. The molecule has 1 unspecified atom stereocenters. The molecule has 1 rings (SSSR count). The Morgan fingerprint density at radius 1 is 1.67 bits per heavy atom. The summed E-state index contributed by atoms with van der Waals surface area (Å²) in [5.41, 5.74) is 6.35. The number of carbonyl (C=O) groups is 1. The van der Waals surface area contributed by atoms with E-state index in [4.69, 9.17) is 10.5 Å². The summed E-state index contributed by atoms with van der Waals surface area (Å²) in [6, 6.07) is 3.19. The lowest BCUT2D eigenvalue weighted by Crippen LogP contribution is -2.36. The lowest BCUT2D eigenvalue weighted by atomic mass is 10.3. The highest BCUT2D eigenvalue weighted by atomic mass is 16.5. The number of nitrogens with two attached hydrogens (primary N) is 1. The van der Waals surface area contributed by atoms with Crippen molar-refractivity contribution in [3.63, 3.8) is 0 Å². The zero-order valence-corrected chi connectivity index (χ0v) is 8.86. The first-order valence-corrected chi connectivity index (χ1v) is 4.65. The molecule has 0 spiro atoms. The minimum Gasteiger partial charge on any atom is -0.397 e. The van der Waals surface area contributed by atoms with Crippen LogP contribution >= 0.6 is 0 Å². The lowest BCUT2D eigenvalue weighted by Gasteiger charge is -2.11. The number of ether oxygens (including phenoxy) is 1. The SMILES string of the molecule is COCC(C)NC(=O)c1ccc(N)cn1. The average molecular weight is 209 g/mol. The van der Waals surface area contributed by atoms with Gasteiger partial charge in [-0.1, -0.05) is 0 Å². The lowest BCUT2D eigenvalue weighted by molar-refractivity contribution is 0.0900. The first kappa shape index (κ1) is 11.5. The molecule has 0 saturated carbocycles. The molecule has 1 aromatic heterocycles. The van der Waals surface area contributed by atoms with Gasteiger partial charge in [0.15, 0.2) is 0 Å². The number of amides is 1. The Morgan fingerprint density at radius 2 is 2.40 bits per heavy atom. The largest absolute Gasteiger partial charge is 0.397 e. The Morgan fingerprint density at radius 3 is 2.93 bits per heavy atom. The molecule has 1 aromatic rings. The first-order valence-electron chi connectivity index (χ1n) is 4.65. The summed E-state index contributed by atoms with van der Waals surface area (Å²) in [5.74, 6) is -0.223. The molecule has 1 amide bonds. The second kappa shape index (κ2) is 5.31. The zero-order valence-electron chi connectivity index (χ0n) is 8.86. The van der Waals surface area contributed by atoms with Crippen LogP contribution in [0.25, 0.3) is 0 Å². The number of hydrogen-bond acceptors (Lipinski definition) is 4. The number of carbonyl (C=O) groups excluding carboxylic acids is 1. The van der Waals surface area contributed by atoms with Gasteiger partial charge in [-0.3, -0.25) is 4.79 Å². The summed E-state index contributed by atoms with van der Waals surface area (Å²) in [5, 5.41) is 2.75. The van der Waals surface area contributed by atoms with Gasteiger partial charge in [0.25, 0.3) is 5.91 Å². The van der Waals surface area contributed by atoms with Crippen LogP contribution in [0.1, 0.15) is 17.4 Å². The standard InChI is InChI=1S/C10H15N3O2/c1-7(6-15-2)13-10(14)9-4-3-8(11)5-12-9/h3-5,7H,6,11H2,1-2H3,(H,13,14). The molecule has 0 aliphatic heterocycles. The molecule has 0 aliphatic carbocycles. The molecule has 5 nitrogen and oxygen atoms in total. The van der Waals surface area contributed by atoms with Crippen LogP contribution in [0.4, 0.5) is 5.69 Å². The Balaban J connectivity index is 2.57. The highest BCUT2D eigenvalue weighted by molar-refractivity contribution is 5.92. The Hall–Kier alpha value is -1.62. The Bertz CT molecular complexity index is 324. The van der Waals surface area contributed by atoms with Crippen molar-refractivity contribution in [3.8, 4) is 0 Å². The summed E-state index contributed by atoms with van der Waals surface area (Å²) in [6.45, 7) is 2.33. The number of anilines is 1. The number of nitrogens with one attached hydrogen (secondary N) is 1. The number of rotatable bonds is 4. The molecule has 0 radical (unpaired) electrons. The van der Waals surface area contributed by atoms with E-state index in [0.717, 1.165) is 0 Å². The maximum absolute atomic E-state index is 11.6. The minimum absolute atomic E-state index is 0.0400. The van der Waals surface area contributed by atoms with Crippen LogP contribution in [0.3, 0.4) is 0 Å². The van der Waals surface area contributed by atoms with Crippen molar-refractivity contribution in [3.05, 3.63) is 24.0 Å². The third-order valence-corrected chi connectivity index (χ3v) is 1.81. The van der Waals surface area contributed by atoms with E-state index < -0.39 is 0 Å². The third kappa shape index (κ3) is 3.55. The number of aromatic nitrogens is 1. The summed E-state index contributed by atoms with van der Waals surface area (Å²) in [6.07, 6.45) is 1.45. The predicted molar refractivity (Wildman–Crippen MR) is 57.5 cm³/mol. The van der Waals surface area contributed by atoms with E-state index in [1.807, 2.05) is 6.92 Å². The van der Waals surface area contributed by atoms with Crippen LogP contribution in [0.15, 0.2) is 18.3 Å². The van der Waals surface area contributed by atoms with Gasteiger partial charge in [-0.15, -0.1) is 0 Å². The van der Waals surface area contributed by atoms with Crippen molar-refractivity contribution in [1.29, 1.82) is 0 Å². The molecule has 5 heteroatoms. The van der Waals surface area contributed by atoms with Crippen molar-refractivity contribution in [2.24, 2.45) is 0 Å². The average Bonchev–Trinajstić information content (AvgIpc) is 2.18. The summed E-state index contributed by atoms with van der Waals surface area (Å²) in [4.78, 5) is 15.5. The molecule has 0 aromatic carbocycles. The van der Waals surface area contributed by atoms with Gasteiger partial charge in [0.2, 0.25) is 0 Å². The molecule has 3 N–H and O–H groups in total. The van der Waals surface area contributed by atoms with Gasteiger partial charge < -0.3 is 15.8 Å². The summed E-state index contributed by atoms with van der Waals surface area (Å²) in [7, 11) is 1.59. The number of nitrogens with zero attached hydrogens (tertiary/aromatic N) is 1. The third-order valence-electron chi connectivity index (χ3n) is 1.81. The number of hydrogen-bond donors (Lipinski definition) is 2. The number of pyridine rings is 1. The van der Waals surface area contributed by atoms with Gasteiger partial charge in [-0.05, 0) is 19.1 Å². The molecule has 82 valence electrons. The van der Waals surface area contributed by atoms with E-state index in [0.29, 0.717) is 18.0 Å². The second-order valence-electron chi connectivity index (χ2n) is 3.31. The molecular weight excluding hydrogens is 194 g/mol. The van der Waals surface area contributed by atoms with Crippen molar-refractivity contribution >= 4 is 11.6 Å². The molecule has 0 aliphatic rings. The van der Waals surface area contributed by atoms with Gasteiger partial charge >= 0.3 is 0 Å². The molecule has 1 atom stereocenters. The van der Waals surface area contributed by atoms with Gasteiger partial charge in [0.1, 0.15) is 5.69 Å². The van der Waals surface area contributed by atoms with Crippen molar-refractivity contribution in [1.82, 2.24) is 10.3 Å². The van der Waals surface area contributed by atoms with Gasteiger partial charge in [-0.25, -0.2) is 4.98 Å². The van der Waals surface area contributed by atoms with Crippen LogP contribution < -0.4 is 11.1 Å². The zero-order chi connectivity index (χ0) is 11.3. The van der Waals surface area contributed by atoms with E-state index in [1.54, 1.807) is 19.2 Å². The Labute approximate surface area is 88.6 Å². The monoisotopic (exact) mass is 209 g/mol. The van der Waals surface area contributed by atoms with Crippen molar-refractivity contribution in [2.75, 3.05) is 19.5 Å². The topological polar surface area (TPSA) is 77.2 Å². The molecule has 0 bridgehead atoms. The summed E-state index contributed by atoms with van der Waals surface area (Å²) >= 11 is 0. The highest BCUT2D eigenvalue weighted by Crippen LogP contribution is 2.01. The van der Waals surface area contributed by atoms with E-state index in [2.05, 4.69) is 10.3 Å². The normalized spacial score (nSPS) is 12.1. The Kier molecular flexibility index (Phi) is 4.05. The minimum atomic E-state index is -0.223. The van der Waals surface area contributed by atoms with Crippen molar-refractivity contribution < 1.29 is 9.53 Å². The molecule has 0 saturated heterocycles. The van der Waals surface area contributed by atoms with Gasteiger partial charge in [-0.2, -0.15) is 0 Å². The fourth-order valence-electron chi connectivity index (χ4n) is 1.13. The molecule has 15 heavy (non-hydrogen) atoms. The fraction of sp³-hybridized carbons (Fsp3) is 0.400. The highest BCUT2D eigenvalue weighted by Gasteiger charge is 2.09. The molecule has 0 fully saturated rings. The van der Waals surface area contributed by atoms with Crippen LogP contribution in [0, 0.1) is 0 Å². The fourth-order valence-corrected chi connectivity index (χ4v) is 1.13. The van der Waals surface area contributed by atoms with E-state index >= 15 is 0 Å². The number of methoxy groups -OCH3 is 1. The first-order chi connectivity index (χ1) is 7.13. The van der Waals surface area contributed by atoms with E-state index in [1.165, 1.54) is 6.20 Å². The van der Waals surface area contributed by atoms with E-state index in [-0.39, 0.29) is 11.9 Å². The van der Waals surface area contributed by atoms with Crippen LogP contribution in [-0.4, -0.2) is 30.6 Å². The quantitative estimate of drug-likeness (QED) is 0.753. The van der Waals surface area contributed by atoms with E-state index in [9.17, 15) is 4.79 Å². The van der Waals surface area contributed by atoms with Crippen LogP contribution in [0.5, 0.6) is 0 Å². The summed E-state index contributed by atoms with van der Waals surface area (Å²) < 4.78 is 4.90. The molecule has 1 heterocycles. The molecular formula is C10H15N3O2. The second-order valence-corrected chi connectivity index (χ2v) is 3.31. The van der Waals surface area contributed by atoms with Gasteiger partial charge in [0.05, 0.1) is 18.5 Å².